The van der Waals surface area contributed by atoms with Gasteiger partial charge in [-0.05, 0) is 34.1 Å². The number of aromatic nitrogens is 2. The molecule has 5 heteroatoms. The van der Waals surface area contributed by atoms with E-state index in [9.17, 15) is 4.79 Å². The zero-order valence-electron chi connectivity index (χ0n) is 7.72. The molecule has 15 heavy (non-hydrogen) atoms. The first kappa shape index (κ1) is 9.92. The molecule has 76 valence electrons. The molecule has 0 aliphatic heterocycles. The second-order valence-corrected chi connectivity index (χ2v) is 3.81. The normalized spacial score (nSPS) is 10.2. The van der Waals surface area contributed by atoms with Crippen molar-refractivity contribution in [1.29, 1.82) is 0 Å². The molecule has 0 aliphatic rings. The van der Waals surface area contributed by atoms with E-state index in [0.717, 1.165) is 4.47 Å². The molecule has 0 fully saturated rings. The number of rotatable bonds is 1. The molecule has 2 N–H and O–H groups in total. The van der Waals surface area contributed by atoms with Crippen molar-refractivity contribution in [3.63, 3.8) is 0 Å². The van der Waals surface area contributed by atoms with Crippen LogP contribution < -0.4 is 11.3 Å². The second kappa shape index (κ2) is 3.86. The van der Waals surface area contributed by atoms with Crippen LogP contribution >= 0.6 is 15.9 Å². The Morgan fingerprint density at radius 1 is 1.27 bits per heavy atom. The van der Waals surface area contributed by atoms with Crippen molar-refractivity contribution >= 4 is 21.6 Å². The Hall–Kier alpha value is -1.62. The van der Waals surface area contributed by atoms with Gasteiger partial charge in [0.25, 0.3) is 5.56 Å². The van der Waals surface area contributed by atoms with Crippen molar-refractivity contribution in [3.05, 3.63) is 51.4 Å². The monoisotopic (exact) mass is 265 g/mol. The molecule has 0 atom stereocenters. The summed E-state index contributed by atoms with van der Waals surface area (Å²) >= 11 is 3.35. The second-order valence-electron chi connectivity index (χ2n) is 2.95. The molecule has 0 bridgehead atoms. The molecule has 0 saturated carbocycles. The van der Waals surface area contributed by atoms with Gasteiger partial charge in [0.15, 0.2) is 0 Å². The fraction of sp³-hybridized carbons (Fsp3) is 0. The Morgan fingerprint density at radius 2 is 2.00 bits per heavy atom. The lowest BCUT2D eigenvalue weighted by Gasteiger charge is -2.06. The lowest BCUT2D eigenvalue weighted by Crippen LogP contribution is -2.23. The summed E-state index contributed by atoms with van der Waals surface area (Å²) in [4.78, 5) is 11.7. The van der Waals surface area contributed by atoms with E-state index in [-0.39, 0.29) is 11.2 Å². The summed E-state index contributed by atoms with van der Waals surface area (Å²) in [6.07, 6.45) is 1.50. The predicted octanol–water partition coefficient (Wildman–Crippen LogP) is 1.58. The van der Waals surface area contributed by atoms with Crippen LogP contribution in [-0.4, -0.2) is 9.78 Å². The Bertz CT molecular complexity index is 550. The van der Waals surface area contributed by atoms with Crippen LogP contribution in [0.1, 0.15) is 0 Å². The highest BCUT2D eigenvalue weighted by atomic mass is 79.9. The van der Waals surface area contributed by atoms with Gasteiger partial charge in [0, 0.05) is 4.47 Å². The van der Waals surface area contributed by atoms with Crippen LogP contribution in [0.15, 0.2) is 45.8 Å². The summed E-state index contributed by atoms with van der Waals surface area (Å²) in [5.41, 5.74) is 6.06. The number of nitrogens with two attached hydrogens (primary N) is 1. The Labute approximate surface area is 94.5 Å². The van der Waals surface area contributed by atoms with E-state index in [0.29, 0.717) is 5.69 Å². The largest absolute Gasteiger partial charge is 0.394 e. The van der Waals surface area contributed by atoms with Crippen LogP contribution in [0.3, 0.4) is 0 Å². The fourth-order valence-corrected chi connectivity index (χ4v) is 1.67. The molecule has 0 aliphatic carbocycles. The summed E-state index contributed by atoms with van der Waals surface area (Å²) in [6, 6.07) is 8.81. The third-order valence-electron chi connectivity index (χ3n) is 1.96. The Morgan fingerprint density at radius 3 is 2.73 bits per heavy atom. The molecule has 0 spiro atoms. The molecular formula is C10H8BrN3O. The van der Waals surface area contributed by atoms with E-state index in [4.69, 9.17) is 5.73 Å². The molecule has 1 heterocycles. The minimum atomic E-state index is -0.315. The average molecular weight is 266 g/mol. The van der Waals surface area contributed by atoms with Crippen LogP contribution in [0.2, 0.25) is 0 Å². The summed E-state index contributed by atoms with van der Waals surface area (Å²) in [6.45, 7) is 0. The van der Waals surface area contributed by atoms with Crippen molar-refractivity contribution in [2.24, 2.45) is 0 Å². The van der Waals surface area contributed by atoms with Gasteiger partial charge < -0.3 is 5.73 Å². The van der Waals surface area contributed by atoms with Gasteiger partial charge >= 0.3 is 0 Å². The molecule has 0 unspecified atom stereocenters. The molecule has 4 nitrogen and oxygen atoms in total. The molecule has 1 aromatic heterocycles. The quantitative estimate of drug-likeness (QED) is 0.852. The Kier molecular flexibility index (Phi) is 2.55. The van der Waals surface area contributed by atoms with Crippen molar-refractivity contribution in [2.75, 3.05) is 5.73 Å². The van der Waals surface area contributed by atoms with E-state index >= 15 is 0 Å². The standard InChI is InChI=1S/C10H8BrN3O/c11-7-3-1-2-4-9(7)14-10(15)8(12)5-6-13-14/h1-6H,12H2. The number of para-hydroxylation sites is 1. The lowest BCUT2D eigenvalue weighted by atomic mass is 10.3. The van der Waals surface area contributed by atoms with E-state index in [2.05, 4.69) is 21.0 Å². The third kappa shape index (κ3) is 1.78. The first-order valence-corrected chi connectivity index (χ1v) is 5.08. The van der Waals surface area contributed by atoms with Gasteiger partial charge in [-0.2, -0.15) is 9.78 Å². The molecular weight excluding hydrogens is 258 g/mol. The van der Waals surface area contributed by atoms with Gasteiger partial charge in [-0.3, -0.25) is 4.79 Å². The summed E-state index contributed by atoms with van der Waals surface area (Å²) < 4.78 is 2.06. The van der Waals surface area contributed by atoms with Crippen LogP contribution in [0.5, 0.6) is 0 Å². The van der Waals surface area contributed by atoms with Crippen LogP contribution in [0, 0.1) is 0 Å². The molecule has 0 radical (unpaired) electrons. The van der Waals surface area contributed by atoms with Gasteiger partial charge in [-0.1, -0.05) is 12.1 Å². The number of hydrogen-bond donors (Lipinski definition) is 1. The molecule has 2 aromatic rings. The molecule has 2 rings (SSSR count). The van der Waals surface area contributed by atoms with Gasteiger partial charge in [0.2, 0.25) is 0 Å². The van der Waals surface area contributed by atoms with Gasteiger partial charge in [-0.25, -0.2) is 0 Å². The van der Waals surface area contributed by atoms with Crippen molar-refractivity contribution in [1.82, 2.24) is 9.78 Å². The van der Waals surface area contributed by atoms with E-state index < -0.39 is 0 Å². The minimum Gasteiger partial charge on any atom is -0.394 e. The van der Waals surface area contributed by atoms with Gasteiger partial charge in [0.05, 0.1) is 11.9 Å². The van der Waals surface area contributed by atoms with Gasteiger partial charge in [0.1, 0.15) is 5.69 Å². The zero-order chi connectivity index (χ0) is 10.8. The maximum atomic E-state index is 11.7. The maximum Gasteiger partial charge on any atom is 0.294 e. The highest BCUT2D eigenvalue weighted by Gasteiger charge is 2.05. The number of hydrogen-bond acceptors (Lipinski definition) is 3. The SMILES string of the molecule is Nc1ccnn(-c2ccccc2Br)c1=O. The van der Waals surface area contributed by atoms with Crippen molar-refractivity contribution < 1.29 is 0 Å². The molecule has 1 aromatic carbocycles. The van der Waals surface area contributed by atoms with Crippen LogP contribution in [0.25, 0.3) is 5.69 Å². The van der Waals surface area contributed by atoms with Crippen LogP contribution in [0.4, 0.5) is 5.69 Å². The summed E-state index contributed by atoms with van der Waals surface area (Å²) in [5, 5.41) is 3.96. The average Bonchev–Trinajstić information content (AvgIpc) is 2.23. The van der Waals surface area contributed by atoms with Crippen molar-refractivity contribution in [3.8, 4) is 5.69 Å². The number of nitrogens with zero attached hydrogens (tertiary/aromatic N) is 2. The predicted molar refractivity (Wildman–Crippen MR) is 61.9 cm³/mol. The smallest absolute Gasteiger partial charge is 0.294 e. The first-order chi connectivity index (χ1) is 7.20. The number of halogens is 1. The number of benzene rings is 1. The lowest BCUT2D eigenvalue weighted by molar-refractivity contribution is 0.807. The van der Waals surface area contributed by atoms with Crippen molar-refractivity contribution in [2.45, 2.75) is 0 Å². The highest BCUT2D eigenvalue weighted by Crippen LogP contribution is 2.18. The van der Waals surface area contributed by atoms with E-state index in [1.807, 2.05) is 18.2 Å². The Balaban J connectivity index is 2.70. The topological polar surface area (TPSA) is 60.9 Å². The fourth-order valence-electron chi connectivity index (χ4n) is 1.22. The minimum absolute atomic E-state index is 0.181. The van der Waals surface area contributed by atoms with E-state index in [1.54, 1.807) is 6.07 Å². The first-order valence-electron chi connectivity index (χ1n) is 4.29. The molecule has 0 amide bonds. The maximum absolute atomic E-state index is 11.7. The highest BCUT2D eigenvalue weighted by molar-refractivity contribution is 9.10. The van der Waals surface area contributed by atoms with E-state index in [1.165, 1.54) is 16.9 Å². The van der Waals surface area contributed by atoms with Gasteiger partial charge in [-0.15, -0.1) is 0 Å². The third-order valence-corrected chi connectivity index (χ3v) is 2.63. The number of nitrogen functional groups attached to an aromatic ring is 1. The molecule has 0 saturated heterocycles. The summed E-state index contributed by atoms with van der Waals surface area (Å²) in [5.74, 6) is 0. The van der Waals surface area contributed by atoms with Crippen LogP contribution in [-0.2, 0) is 0 Å². The summed E-state index contributed by atoms with van der Waals surface area (Å²) in [7, 11) is 0. The number of anilines is 1. The zero-order valence-corrected chi connectivity index (χ0v) is 9.31.